The number of carbonyl (C=O) groups excluding carboxylic acids is 2. The monoisotopic (exact) mass is 414 g/mol. The zero-order valence-electron chi connectivity index (χ0n) is 17.6. The maximum atomic E-state index is 13.2. The van der Waals surface area contributed by atoms with Crippen LogP contribution in [0, 0.1) is 6.92 Å². The Bertz CT molecular complexity index is 1070. The minimum Gasteiger partial charge on any atom is -0.348 e. The van der Waals surface area contributed by atoms with E-state index in [1.54, 1.807) is 29.4 Å². The lowest BCUT2D eigenvalue weighted by atomic mass is 10.1. The normalized spacial score (nSPS) is 13.9. The highest BCUT2D eigenvalue weighted by Crippen LogP contribution is 2.23. The van der Waals surface area contributed by atoms with Crippen LogP contribution in [0.25, 0.3) is 0 Å². The van der Waals surface area contributed by atoms with Crippen molar-refractivity contribution < 1.29 is 9.59 Å². The molecule has 0 unspecified atom stereocenters. The topological polar surface area (TPSA) is 65.5 Å². The number of aromatic nitrogens is 1. The van der Waals surface area contributed by atoms with Crippen LogP contribution in [0.1, 0.15) is 33.5 Å². The smallest absolute Gasteiger partial charge is 0.324 e. The molecule has 0 aliphatic carbocycles. The quantitative estimate of drug-likeness (QED) is 0.659. The predicted molar refractivity (Wildman–Crippen MR) is 121 cm³/mol. The molecule has 4 rings (SSSR count). The third-order valence-corrected chi connectivity index (χ3v) is 5.36. The highest BCUT2D eigenvalue weighted by Gasteiger charge is 2.27. The number of anilines is 1. The Morgan fingerprint density at radius 3 is 2.68 bits per heavy atom. The lowest BCUT2D eigenvalue weighted by molar-refractivity contribution is 0.0951. The third-order valence-electron chi connectivity index (χ3n) is 5.36. The number of hydrogen-bond acceptors (Lipinski definition) is 3. The van der Waals surface area contributed by atoms with E-state index in [0.717, 1.165) is 29.8 Å². The van der Waals surface area contributed by atoms with Crippen molar-refractivity contribution in [2.75, 3.05) is 18.0 Å². The van der Waals surface area contributed by atoms with Crippen LogP contribution in [0.3, 0.4) is 0 Å². The van der Waals surface area contributed by atoms with Gasteiger partial charge >= 0.3 is 6.03 Å². The standard InChI is InChI=1S/C25H26N4O2/c1-19-6-2-7-20(14-19)18-28-12-5-13-29(25(28)31)23-10-3-9-22(15-23)24(30)27-17-21-8-4-11-26-16-21/h2-4,6-11,14-16H,5,12-13,17-18H2,1H3,(H,27,30). The molecule has 1 fully saturated rings. The van der Waals surface area contributed by atoms with Crippen molar-refractivity contribution in [3.05, 3.63) is 95.3 Å². The van der Waals surface area contributed by atoms with E-state index < -0.39 is 0 Å². The Balaban J connectivity index is 1.44. The second kappa shape index (κ2) is 9.43. The van der Waals surface area contributed by atoms with Crippen molar-refractivity contribution in [2.24, 2.45) is 0 Å². The molecule has 3 amide bonds. The van der Waals surface area contributed by atoms with Gasteiger partial charge in [0.2, 0.25) is 0 Å². The van der Waals surface area contributed by atoms with E-state index in [1.807, 2.05) is 41.3 Å². The molecule has 0 radical (unpaired) electrons. The Morgan fingerprint density at radius 2 is 1.87 bits per heavy atom. The molecule has 2 aromatic carbocycles. The maximum absolute atomic E-state index is 13.2. The molecule has 2 heterocycles. The maximum Gasteiger partial charge on any atom is 0.324 e. The summed E-state index contributed by atoms with van der Waals surface area (Å²) < 4.78 is 0. The third kappa shape index (κ3) is 5.09. The Morgan fingerprint density at radius 1 is 1.03 bits per heavy atom. The molecule has 0 saturated carbocycles. The molecule has 1 aliphatic rings. The van der Waals surface area contributed by atoms with E-state index in [-0.39, 0.29) is 11.9 Å². The summed E-state index contributed by atoms with van der Waals surface area (Å²) in [6, 6.07) is 19.2. The summed E-state index contributed by atoms with van der Waals surface area (Å²) in [5.74, 6) is -0.174. The van der Waals surface area contributed by atoms with E-state index in [2.05, 4.69) is 29.4 Å². The predicted octanol–water partition coefficient (Wildman–Crippen LogP) is 4.15. The van der Waals surface area contributed by atoms with Gasteiger partial charge in [0.25, 0.3) is 5.91 Å². The number of carbonyl (C=O) groups is 2. The van der Waals surface area contributed by atoms with Crippen molar-refractivity contribution in [3.8, 4) is 0 Å². The van der Waals surface area contributed by atoms with Gasteiger partial charge in [0, 0.05) is 49.8 Å². The van der Waals surface area contributed by atoms with Crippen LogP contribution in [0.2, 0.25) is 0 Å². The van der Waals surface area contributed by atoms with Crippen molar-refractivity contribution in [2.45, 2.75) is 26.4 Å². The Kier molecular flexibility index (Phi) is 6.26. The zero-order chi connectivity index (χ0) is 21.6. The van der Waals surface area contributed by atoms with E-state index >= 15 is 0 Å². The van der Waals surface area contributed by atoms with Gasteiger partial charge in [0.05, 0.1) is 0 Å². The first-order chi connectivity index (χ1) is 15.1. The fourth-order valence-electron chi connectivity index (χ4n) is 3.80. The largest absolute Gasteiger partial charge is 0.348 e. The summed E-state index contributed by atoms with van der Waals surface area (Å²) in [6.07, 6.45) is 4.31. The van der Waals surface area contributed by atoms with Gasteiger partial charge < -0.3 is 10.2 Å². The molecule has 0 bridgehead atoms. The molecule has 0 atom stereocenters. The number of rotatable bonds is 6. The molecule has 0 spiro atoms. The minimum atomic E-state index is -0.174. The van der Waals surface area contributed by atoms with Crippen LogP contribution in [-0.2, 0) is 13.1 Å². The summed E-state index contributed by atoms with van der Waals surface area (Å²) in [5, 5.41) is 2.91. The molecule has 31 heavy (non-hydrogen) atoms. The fraction of sp³-hybridized carbons (Fsp3) is 0.240. The first kappa shape index (κ1) is 20.6. The zero-order valence-corrected chi connectivity index (χ0v) is 17.6. The Hall–Kier alpha value is -3.67. The first-order valence-electron chi connectivity index (χ1n) is 10.5. The summed E-state index contributed by atoms with van der Waals surface area (Å²) in [4.78, 5) is 33.5. The minimum absolute atomic E-state index is 0.0272. The summed E-state index contributed by atoms with van der Waals surface area (Å²) in [7, 11) is 0. The summed E-state index contributed by atoms with van der Waals surface area (Å²) in [5.41, 5.74) is 4.52. The number of urea groups is 1. The van der Waals surface area contributed by atoms with Crippen molar-refractivity contribution >= 4 is 17.6 Å². The van der Waals surface area contributed by atoms with Crippen molar-refractivity contribution in [1.82, 2.24) is 15.2 Å². The van der Waals surface area contributed by atoms with Gasteiger partial charge in [0.15, 0.2) is 0 Å². The van der Waals surface area contributed by atoms with E-state index in [9.17, 15) is 9.59 Å². The van der Waals surface area contributed by atoms with Crippen molar-refractivity contribution in [3.63, 3.8) is 0 Å². The van der Waals surface area contributed by atoms with Gasteiger partial charge in [0.1, 0.15) is 0 Å². The molecule has 1 aromatic heterocycles. The number of aryl methyl sites for hydroxylation is 1. The fourth-order valence-corrected chi connectivity index (χ4v) is 3.80. The van der Waals surface area contributed by atoms with E-state index in [0.29, 0.717) is 25.2 Å². The van der Waals surface area contributed by atoms with E-state index in [1.165, 1.54) is 5.56 Å². The second-order valence-corrected chi connectivity index (χ2v) is 7.79. The van der Waals surface area contributed by atoms with Crippen LogP contribution in [-0.4, -0.2) is 34.9 Å². The average molecular weight is 415 g/mol. The van der Waals surface area contributed by atoms with Gasteiger partial charge in [-0.05, 0) is 48.7 Å². The molecular weight excluding hydrogens is 388 g/mol. The molecule has 158 valence electrons. The Labute approximate surface area is 182 Å². The molecular formula is C25H26N4O2. The lowest BCUT2D eigenvalue weighted by Gasteiger charge is -2.36. The highest BCUT2D eigenvalue weighted by atomic mass is 16.2. The first-order valence-corrected chi connectivity index (χ1v) is 10.5. The van der Waals surface area contributed by atoms with Gasteiger partial charge in [-0.15, -0.1) is 0 Å². The second-order valence-electron chi connectivity index (χ2n) is 7.79. The number of nitrogens with one attached hydrogen (secondary N) is 1. The summed E-state index contributed by atoms with van der Waals surface area (Å²) in [6.45, 7) is 4.42. The van der Waals surface area contributed by atoms with Crippen LogP contribution >= 0.6 is 0 Å². The summed E-state index contributed by atoms with van der Waals surface area (Å²) >= 11 is 0. The van der Waals surface area contributed by atoms with E-state index in [4.69, 9.17) is 0 Å². The molecule has 1 N–H and O–H groups in total. The number of pyridine rings is 1. The number of hydrogen-bond donors (Lipinski definition) is 1. The van der Waals surface area contributed by atoms with Gasteiger partial charge in [-0.2, -0.15) is 0 Å². The molecule has 1 aliphatic heterocycles. The number of amides is 3. The van der Waals surface area contributed by atoms with Gasteiger partial charge in [-0.1, -0.05) is 42.0 Å². The van der Waals surface area contributed by atoms with Crippen LogP contribution in [0.4, 0.5) is 10.5 Å². The number of benzene rings is 2. The molecule has 6 heteroatoms. The van der Waals surface area contributed by atoms with Gasteiger partial charge in [-0.25, -0.2) is 4.79 Å². The van der Waals surface area contributed by atoms with Crippen LogP contribution in [0.5, 0.6) is 0 Å². The van der Waals surface area contributed by atoms with Crippen LogP contribution in [0.15, 0.2) is 73.1 Å². The lowest BCUT2D eigenvalue weighted by Crippen LogP contribution is -2.49. The molecule has 1 saturated heterocycles. The van der Waals surface area contributed by atoms with Crippen molar-refractivity contribution in [1.29, 1.82) is 0 Å². The highest BCUT2D eigenvalue weighted by molar-refractivity contribution is 5.98. The van der Waals surface area contributed by atoms with Crippen LogP contribution < -0.4 is 10.2 Å². The molecule has 3 aromatic rings. The van der Waals surface area contributed by atoms with Gasteiger partial charge in [-0.3, -0.25) is 14.7 Å². The average Bonchev–Trinajstić information content (AvgIpc) is 2.80. The molecule has 6 nitrogen and oxygen atoms in total. The number of nitrogens with zero attached hydrogens (tertiary/aromatic N) is 3. The SMILES string of the molecule is Cc1cccc(CN2CCCN(c3cccc(C(=O)NCc4cccnc4)c3)C2=O)c1.